The van der Waals surface area contributed by atoms with Gasteiger partial charge < -0.3 is 9.47 Å². The maximum Gasteiger partial charge on any atom is 0.119 e. The van der Waals surface area contributed by atoms with Gasteiger partial charge in [0.05, 0.1) is 19.3 Å². The summed E-state index contributed by atoms with van der Waals surface area (Å²) in [5.41, 5.74) is -0.494. The molecule has 4 nitrogen and oxygen atoms in total. The lowest BCUT2D eigenvalue weighted by Crippen LogP contribution is -2.43. The standard InChI is InChI=1S/C16H22N2O2/c1-3-19-14-6-8-15(9-7-14)20-11-10-16(2,12-17)18-13-4-5-13/h6-9,13,18H,3-5,10-11H2,1-2H3. The van der Waals surface area contributed by atoms with E-state index in [2.05, 4.69) is 11.4 Å². The van der Waals surface area contributed by atoms with Gasteiger partial charge in [-0.05, 0) is 51.0 Å². The Morgan fingerprint density at radius 1 is 1.25 bits per heavy atom. The Labute approximate surface area is 120 Å². The molecule has 1 atom stereocenters. The number of nitrogens with zero attached hydrogens (tertiary/aromatic N) is 1. The molecule has 1 unspecified atom stereocenters. The minimum absolute atomic E-state index is 0.494. The van der Waals surface area contributed by atoms with Crippen LogP contribution < -0.4 is 14.8 Å². The van der Waals surface area contributed by atoms with Gasteiger partial charge in [0.1, 0.15) is 17.0 Å². The molecule has 20 heavy (non-hydrogen) atoms. The summed E-state index contributed by atoms with van der Waals surface area (Å²) in [6.45, 7) is 5.08. The van der Waals surface area contributed by atoms with E-state index in [9.17, 15) is 5.26 Å². The van der Waals surface area contributed by atoms with Crippen molar-refractivity contribution in [3.63, 3.8) is 0 Å². The quantitative estimate of drug-likeness (QED) is 0.792. The van der Waals surface area contributed by atoms with E-state index in [4.69, 9.17) is 9.47 Å². The largest absolute Gasteiger partial charge is 0.494 e. The molecule has 0 bridgehead atoms. The van der Waals surface area contributed by atoms with E-state index in [-0.39, 0.29) is 0 Å². The first-order chi connectivity index (χ1) is 9.65. The molecule has 1 saturated carbocycles. The molecule has 1 fully saturated rings. The van der Waals surface area contributed by atoms with Crippen molar-refractivity contribution in [2.24, 2.45) is 0 Å². The molecule has 1 aromatic carbocycles. The average molecular weight is 274 g/mol. The van der Waals surface area contributed by atoms with Crippen molar-refractivity contribution in [2.75, 3.05) is 13.2 Å². The van der Waals surface area contributed by atoms with Crippen molar-refractivity contribution < 1.29 is 9.47 Å². The molecule has 1 aliphatic carbocycles. The summed E-state index contributed by atoms with van der Waals surface area (Å²) in [6, 6.07) is 10.4. The predicted molar refractivity (Wildman–Crippen MR) is 77.9 cm³/mol. The molecule has 4 heteroatoms. The SMILES string of the molecule is CCOc1ccc(OCCC(C)(C#N)NC2CC2)cc1. The van der Waals surface area contributed by atoms with Crippen LogP contribution in [0.3, 0.4) is 0 Å². The third-order valence-electron chi connectivity index (χ3n) is 3.35. The van der Waals surface area contributed by atoms with E-state index in [1.807, 2.05) is 38.1 Å². The summed E-state index contributed by atoms with van der Waals surface area (Å²) in [4.78, 5) is 0. The molecule has 0 aromatic heterocycles. The minimum atomic E-state index is -0.494. The van der Waals surface area contributed by atoms with E-state index in [1.54, 1.807) is 0 Å². The first-order valence-electron chi connectivity index (χ1n) is 7.20. The van der Waals surface area contributed by atoms with Gasteiger partial charge in [-0.3, -0.25) is 5.32 Å². The van der Waals surface area contributed by atoms with Gasteiger partial charge in [0.2, 0.25) is 0 Å². The van der Waals surface area contributed by atoms with Crippen molar-refractivity contribution >= 4 is 0 Å². The molecular formula is C16H22N2O2. The van der Waals surface area contributed by atoms with Crippen molar-refractivity contribution in [3.05, 3.63) is 24.3 Å². The van der Waals surface area contributed by atoms with Crippen LogP contribution in [-0.4, -0.2) is 24.8 Å². The Balaban J connectivity index is 1.77. The van der Waals surface area contributed by atoms with E-state index < -0.39 is 5.54 Å². The van der Waals surface area contributed by atoms with Gasteiger partial charge in [0.15, 0.2) is 0 Å². The molecule has 1 aliphatic rings. The zero-order chi connectivity index (χ0) is 14.4. The van der Waals surface area contributed by atoms with Crippen LogP contribution in [0.15, 0.2) is 24.3 Å². The lowest BCUT2D eigenvalue weighted by molar-refractivity contribution is 0.265. The van der Waals surface area contributed by atoms with Crippen LogP contribution in [0, 0.1) is 11.3 Å². The molecule has 0 heterocycles. The summed E-state index contributed by atoms with van der Waals surface area (Å²) < 4.78 is 11.1. The number of hydrogen-bond acceptors (Lipinski definition) is 4. The first kappa shape index (κ1) is 14.7. The van der Waals surface area contributed by atoms with E-state index in [0.717, 1.165) is 11.5 Å². The Morgan fingerprint density at radius 2 is 1.85 bits per heavy atom. The Morgan fingerprint density at radius 3 is 2.35 bits per heavy atom. The fourth-order valence-electron chi connectivity index (χ4n) is 2.01. The van der Waals surface area contributed by atoms with Crippen molar-refractivity contribution in [2.45, 2.75) is 44.7 Å². The second kappa shape index (κ2) is 6.62. The van der Waals surface area contributed by atoms with E-state index >= 15 is 0 Å². The molecule has 0 saturated heterocycles. The summed E-state index contributed by atoms with van der Waals surface area (Å²) in [5, 5.41) is 12.6. The summed E-state index contributed by atoms with van der Waals surface area (Å²) in [7, 11) is 0. The summed E-state index contributed by atoms with van der Waals surface area (Å²) in [6.07, 6.45) is 3.03. The summed E-state index contributed by atoms with van der Waals surface area (Å²) >= 11 is 0. The fraction of sp³-hybridized carbons (Fsp3) is 0.562. The molecule has 1 aromatic rings. The Hall–Kier alpha value is -1.73. The fourth-order valence-corrected chi connectivity index (χ4v) is 2.01. The van der Waals surface area contributed by atoms with Gasteiger partial charge >= 0.3 is 0 Å². The third-order valence-corrected chi connectivity index (χ3v) is 3.35. The van der Waals surface area contributed by atoms with Crippen LogP contribution in [0.1, 0.15) is 33.1 Å². The van der Waals surface area contributed by atoms with Crippen molar-refractivity contribution in [1.82, 2.24) is 5.32 Å². The number of rotatable bonds is 8. The highest BCUT2D eigenvalue weighted by atomic mass is 16.5. The van der Waals surface area contributed by atoms with Gasteiger partial charge in [0.25, 0.3) is 0 Å². The Bertz CT molecular complexity index is 462. The maximum atomic E-state index is 9.27. The number of nitriles is 1. The summed E-state index contributed by atoms with van der Waals surface area (Å²) in [5.74, 6) is 1.65. The molecule has 0 spiro atoms. The highest BCUT2D eigenvalue weighted by Crippen LogP contribution is 2.24. The van der Waals surface area contributed by atoms with Gasteiger partial charge in [-0.2, -0.15) is 5.26 Å². The van der Waals surface area contributed by atoms with Crippen molar-refractivity contribution in [3.8, 4) is 17.6 Å². The molecule has 108 valence electrons. The molecule has 0 radical (unpaired) electrons. The van der Waals surface area contributed by atoms with Crippen LogP contribution in [-0.2, 0) is 0 Å². The van der Waals surface area contributed by atoms with Crippen LogP contribution in [0.5, 0.6) is 11.5 Å². The normalized spacial score (nSPS) is 17.1. The molecule has 1 N–H and O–H groups in total. The smallest absolute Gasteiger partial charge is 0.119 e. The monoisotopic (exact) mass is 274 g/mol. The van der Waals surface area contributed by atoms with E-state index in [0.29, 0.717) is 25.7 Å². The Kier molecular flexibility index (Phi) is 4.86. The number of benzene rings is 1. The highest BCUT2D eigenvalue weighted by molar-refractivity contribution is 5.31. The lowest BCUT2D eigenvalue weighted by Gasteiger charge is -2.23. The number of hydrogen-bond donors (Lipinski definition) is 1. The van der Waals surface area contributed by atoms with Crippen LogP contribution in [0.4, 0.5) is 0 Å². The minimum Gasteiger partial charge on any atom is -0.494 e. The molecule has 0 aliphatic heterocycles. The molecular weight excluding hydrogens is 252 g/mol. The van der Waals surface area contributed by atoms with Gasteiger partial charge in [-0.1, -0.05) is 0 Å². The third kappa shape index (κ3) is 4.43. The van der Waals surface area contributed by atoms with E-state index in [1.165, 1.54) is 12.8 Å². The molecule has 0 amide bonds. The van der Waals surface area contributed by atoms with Crippen LogP contribution >= 0.6 is 0 Å². The highest BCUT2D eigenvalue weighted by Gasteiger charge is 2.32. The number of ether oxygens (including phenoxy) is 2. The zero-order valence-corrected chi connectivity index (χ0v) is 12.2. The second-order valence-corrected chi connectivity index (χ2v) is 5.37. The predicted octanol–water partition coefficient (Wildman–Crippen LogP) is 2.89. The lowest BCUT2D eigenvalue weighted by atomic mass is 10.0. The second-order valence-electron chi connectivity index (χ2n) is 5.37. The van der Waals surface area contributed by atoms with Gasteiger partial charge in [0, 0.05) is 12.5 Å². The zero-order valence-electron chi connectivity index (χ0n) is 12.2. The number of nitrogens with one attached hydrogen (secondary N) is 1. The van der Waals surface area contributed by atoms with Crippen LogP contribution in [0.2, 0.25) is 0 Å². The van der Waals surface area contributed by atoms with Gasteiger partial charge in [-0.15, -0.1) is 0 Å². The maximum absolute atomic E-state index is 9.27. The van der Waals surface area contributed by atoms with Crippen molar-refractivity contribution in [1.29, 1.82) is 5.26 Å². The van der Waals surface area contributed by atoms with Gasteiger partial charge in [-0.25, -0.2) is 0 Å². The first-order valence-corrected chi connectivity index (χ1v) is 7.20. The van der Waals surface area contributed by atoms with Crippen LogP contribution in [0.25, 0.3) is 0 Å². The average Bonchev–Trinajstić information content (AvgIpc) is 3.25. The molecule has 2 rings (SSSR count). The topological polar surface area (TPSA) is 54.3 Å².